The third kappa shape index (κ3) is 3.38. The summed E-state index contributed by atoms with van der Waals surface area (Å²) in [7, 11) is 1.97. The molecule has 2 aromatic rings. The SMILES string of the molecule is Cc1nnc(SC(c2cccc(Br)c2)C(C)N)n1C. The first kappa shape index (κ1) is 14.6. The largest absolute Gasteiger partial charge is 0.327 e. The molecule has 0 spiro atoms. The lowest BCUT2D eigenvalue weighted by Gasteiger charge is -2.20. The predicted molar refractivity (Wildman–Crippen MR) is 82.1 cm³/mol. The molecule has 2 unspecified atom stereocenters. The third-order valence-electron chi connectivity index (χ3n) is 2.94. The van der Waals surface area contributed by atoms with Crippen LogP contribution in [0, 0.1) is 6.92 Å². The average Bonchev–Trinajstić information content (AvgIpc) is 2.67. The van der Waals surface area contributed by atoms with E-state index in [4.69, 9.17) is 5.73 Å². The topological polar surface area (TPSA) is 56.7 Å². The van der Waals surface area contributed by atoms with E-state index >= 15 is 0 Å². The molecular weight excluding hydrogens is 324 g/mol. The van der Waals surface area contributed by atoms with E-state index in [2.05, 4.69) is 38.3 Å². The molecule has 0 aliphatic carbocycles. The van der Waals surface area contributed by atoms with Crippen molar-refractivity contribution in [1.29, 1.82) is 0 Å². The summed E-state index contributed by atoms with van der Waals surface area (Å²) >= 11 is 5.15. The molecule has 4 nitrogen and oxygen atoms in total. The van der Waals surface area contributed by atoms with Crippen molar-refractivity contribution in [3.63, 3.8) is 0 Å². The van der Waals surface area contributed by atoms with Crippen molar-refractivity contribution in [3.8, 4) is 0 Å². The van der Waals surface area contributed by atoms with E-state index in [1.54, 1.807) is 11.8 Å². The molecule has 6 heteroatoms. The number of hydrogen-bond donors (Lipinski definition) is 1. The van der Waals surface area contributed by atoms with Gasteiger partial charge in [0.05, 0.1) is 5.25 Å². The molecule has 0 aliphatic heterocycles. The smallest absolute Gasteiger partial charge is 0.191 e. The zero-order valence-electron chi connectivity index (χ0n) is 11.2. The van der Waals surface area contributed by atoms with Crippen LogP contribution in [0.1, 0.15) is 23.6 Å². The Morgan fingerprint density at radius 1 is 1.37 bits per heavy atom. The monoisotopic (exact) mass is 340 g/mol. The molecule has 1 aromatic carbocycles. The number of nitrogens with zero attached hydrogens (tertiary/aromatic N) is 3. The Morgan fingerprint density at radius 2 is 2.11 bits per heavy atom. The van der Waals surface area contributed by atoms with Gasteiger partial charge in [-0.2, -0.15) is 0 Å². The van der Waals surface area contributed by atoms with E-state index in [-0.39, 0.29) is 11.3 Å². The highest BCUT2D eigenvalue weighted by Gasteiger charge is 2.21. The quantitative estimate of drug-likeness (QED) is 0.869. The van der Waals surface area contributed by atoms with Gasteiger partial charge in [0.25, 0.3) is 0 Å². The number of aryl methyl sites for hydroxylation is 1. The van der Waals surface area contributed by atoms with Crippen molar-refractivity contribution in [1.82, 2.24) is 14.8 Å². The van der Waals surface area contributed by atoms with Gasteiger partial charge in [0.1, 0.15) is 5.82 Å². The zero-order chi connectivity index (χ0) is 14.0. The van der Waals surface area contributed by atoms with E-state index in [9.17, 15) is 0 Å². The van der Waals surface area contributed by atoms with Crippen LogP contribution in [0.2, 0.25) is 0 Å². The van der Waals surface area contributed by atoms with Crippen LogP contribution in [-0.4, -0.2) is 20.8 Å². The van der Waals surface area contributed by atoms with E-state index in [0.29, 0.717) is 0 Å². The lowest BCUT2D eigenvalue weighted by molar-refractivity contribution is 0.706. The minimum absolute atomic E-state index is 0.0244. The molecule has 19 heavy (non-hydrogen) atoms. The molecule has 0 saturated heterocycles. The molecule has 1 heterocycles. The lowest BCUT2D eigenvalue weighted by atomic mass is 10.1. The second-order valence-corrected chi connectivity index (χ2v) is 6.57. The molecule has 2 rings (SSSR count). The van der Waals surface area contributed by atoms with Gasteiger partial charge in [-0.15, -0.1) is 10.2 Å². The highest BCUT2D eigenvalue weighted by molar-refractivity contribution is 9.10. The van der Waals surface area contributed by atoms with Crippen LogP contribution in [0.15, 0.2) is 33.9 Å². The number of aromatic nitrogens is 3. The van der Waals surface area contributed by atoms with Crippen molar-refractivity contribution >= 4 is 27.7 Å². The summed E-state index contributed by atoms with van der Waals surface area (Å²) in [5.74, 6) is 0.903. The molecule has 2 N–H and O–H groups in total. The molecule has 0 aliphatic rings. The summed E-state index contributed by atoms with van der Waals surface area (Å²) in [5, 5.41) is 9.32. The van der Waals surface area contributed by atoms with Crippen molar-refractivity contribution in [2.24, 2.45) is 12.8 Å². The highest BCUT2D eigenvalue weighted by atomic mass is 79.9. The van der Waals surface area contributed by atoms with Crippen LogP contribution < -0.4 is 5.73 Å². The number of hydrogen-bond acceptors (Lipinski definition) is 4. The van der Waals surface area contributed by atoms with Gasteiger partial charge in [-0.05, 0) is 31.5 Å². The fourth-order valence-corrected chi connectivity index (χ4v) is 3.29. The van der Waals surface area contributed by atoms with Crippen molar-refractivity contribution < 1.29 is 0 Å². The van der Waals surface area contributed by atoms with Gasteiger partial charge in [0.2, 0.25) is 0 Å². The number of nitrogens with two attached hydrogens (primary N) is 1. The molecule has 2 atom stereocenters. The van der Waals surface area contributed by atoms with E-state index in [0.717, 1.165) is 15.5 Å². The number of rotatable bonds is 4. The summed E-state index contributed by atoms with van der Waals surface area (Å²) in [6.45, 7) is 3.96. The molecule has 1 aromatic heterocycles. The maximum absolute atomic E-state index is 6.13. The molecule has 0 radical (unpaired) electrons. The molecule has 0 saturated carbocycles. The Hall–Kier alpha value is -0.850. The van der Waals surface area contributed by atoms with E-state index in [1.165, 1.54) is 5.56 Å². The second-order valence-electron chi connectivity index (χ2n) is 4.54. The van der Waals surface area contributed by atoms with Crippen molar-refractivity contribution in [3.05, 3.63) is 40.1 Å². The van der Waals surface area contributed by atoms with Gasteiger partial charge in [-0.25, -0.2) is 0 Å². The number of benzene rings is 1. The normalized spacial score (nSPS) is 14.4. The van der Waals surface area contributed by atoms with Crippen LogP contribution >= 0.6 is 27.7 Å². The van der Waals surface area contributed by atoms with Crippen molar-refractivity contribution in [2.75, 3.05) is 0 Å². The molecule has 102 valence electrons. The molecule has 0 bridgehead atoms. The van der Waals surface area contributed by atoms with Gasteiger partial charge in [-0.3, -0.25) is 0 Å². The fraction of sp³-hybridized carbons (Fsp3) is 0.385. The molecule has 0 amide bonds. The van der Waals surface area contributed by atoms with Gasteiger partial charge >= 0.3 is 0 Å². The van der Waals surface area contributed by atoms with Crippen molar-refractivity contribution in [2.45, 2.75) is 30.3 Å². The first-order chi connectivity index (χ1) is 8.99. The van der Waals surface area contributed by atoms with E-state index < -0.39 is 0 Å². The zero-order valence-corrected chi connectivity index (χ0v) is 13.6. The predicted octanol–water partition coefficient (Wildman–Crippen LogP) is 3.07. The first-order valence-electron chi connectivity index (χ1n) is 6.02. The van der Waals surface area contributed by atoms with Gasteiger partial charge in [0.15, 0.2) is 5.16 Å². The summed E-state index contributed by atoms with van der Waals surface area (Å²) in [6, 6.07) is 8.26. The van der Waals surface area contributed by atoms with Gasteiger partial charge in [0, 0.05) is 17.6 Å². The van der Waals surface area contributed by atoms with Crippen LogP contribution in [0.25, 0.3) is 0 Å². The third-order valence-corrected chi connectivity index (χ3v) is 4.95. The summed E-state index contributed by atoms with van der Waals surface area (Å²) in [4.78, 5) is 0. The second kappa shape index (κ2) is 6.07. The van der Waals surface area contributed by atoms with E-state index in [1.807, 2.05) is 37.6 Å². The summed E-state index contributed by atoms with van der Waals surface area (Å²) < 4.78 is 3.04. The number of thioether (sulfide) groups is 1. The highest BCUT2D eigenvalue weighted by Crippen LogP contribution is 2.36. The van der Waals surface area contributed by atoms with Crippen LogP contribution in [0.4, 0.5) is 0 Å². The van der Waals surface area contributed by atoms with Crippen LogP contribution in [0.5, 0.6) is 0 Å². The Morgan fingerprint density at radius 3 is 2.63 bits per heavy atom. The maximum Gasteiger partial charge on any atom is 0.191 e. The Balaban J connectivity index is 2.29. The Kier molecular flexibility index (Phi) is 4.65. The fourth-order valence-electron chi connectivity index (χ4n) is 1.77. The average molecular weight is 341 g/mol. The maximum atomic E-state index is 6.13. The standard InChI is InChI=1S/C13H17BrN4S/c1-8(15)12(10-5-4-6-11(14)7-10)19-13-17-16-9(2)18(13)3/h4-8,12H,15H2,1-3H3. The Bertz CT molecular complexity index is 568. The molecule has 0 fully saturated rings. The van der Waals surface area contributed by atoms with Crippen LogP contribution in [0.3, 0.4) is 0 Å². The molecular formula is C13H17BrN4S. The minimum Gasteiger partial charge on any atom is -0.327 e. The summed E-state index contributed by atoms with van der Waals surface area (Å²) in [5.41, 5.74) is 7.32. The number of halogens is 1. The summed E-state index contributed by atoms with van der Waals surface area (Å²) in [6.07, 6.45) is 0. The Labute approximate surface area is 125 Å². The minimum atomic E-state index is 0.0244. The van der Waals surface area contributed by atoms with Crippen LogP contribution in [-0.2, 0) is 7.05 Å². The van der Waals surface area contributed by atoms with Gasteiger partial charge in [-0.1, -0.05) is 39.8 Å². The first-order valence-corrected chi connectivity index (χ1v) is 7.70. The lowest BCUT2D eigenvalue weighted by Crippen LogP contribution is -2.23. The van der Waals surface area contributed by atoms with Gasteiger partial charge < -0.3 is 10.3 Å².